The summed E-state index contributed by atoms with van der Waals surface area (Å²) in [6.45, 7) is 7.59. The molecule has 0 unspecified atom stereocenters. The van der Waals surface area contributed by atoms with Crippen molar-refractivity contribution >= 4 is 11.6 Å². The minimum absolute atomic E-state index is 0.191. The predicted octanol–water partition coefficient (Wildman–Crippen LogP) is 3.26. The molecule has 4 heterocycles. The minimum Gasteiger partial charge on any atom is -0.336 e. The maximum Gasteiger partial charge on any atom is 0.261 e. The molecule has 7 heteroatoms. The first kappa shape index (κ1) is 21.2. The lowest BCUT2D eigenvalue weighted by molar-refractivity contribution is 0.0624. The number of aromatic amines is 1. The van der Waals surface area contributed by atoms with Crippen molar-refractivity contribution < 1.29 is 4.79 Å². The summed E-state index contributed by atoms with van der Waals surface area (Å²) in [7, 11) is 0. The van der Waals surface area contributed by atoms with Gasteiger partial charge in [0.05, 0.1) is 11.4 Å². The number of H-pyrrole nitrogens is 1. The zero-order chi connectivity index (χ0) is 22.9. The molecule has 1 aliphatic heterocycles. The Kier molecular flexibility index (Phi) is 5.56. The van der Waals surface area contributed by atoms with Gasteiger partial charge in [-0.05, 0) is 49.2 Å². The minimum atomic E-state index is -0.347. The molecule has 0 atom stereocenters. The van der Waals surface area contributed by atoms with E-state index in [9.17, 15) is 9.59 Å². The lowest BCUT2D eigenvalue weighted by Crippen LogP contribution is -2.49. The van der Waals surface area contributed by atoms with Crippen LogP contribution in [0.1, 0.15) is 27.3 Å². The molecule has 0 radical (unpaired) electrons. The Hall–Kier alpha value is -3.71. The summed E-state index contributed by atoms with van der Waals surface area (Å²) in [5, 5.41) is 0. The van der Waals surface area contributed by atoms with E-state index in [2.05, 4.69) is 39.5 Å². The zero-order valence-electron chi connectivity index (χ0n) is 18.9. The first-order valence-corrected chi connectivity index (χ1v) is 11.2. The van der Waals surface area contributed by atoms with Crippen LogP contribution in [0.25, 0.3) is 16.9 Å². The normalized spacial score (nSPS) is 14.7. The molecule has 4 aromatic rings. The number of amides is 1. The number of imidazole rings is 1. The third kappa shape index (κ3) is 4.19. The molecule has 168 valence electrons. The number of aryl methyl sites for hydroxylation is 2. The van der Waals surface area contributed by atoms with E-state index < -0.39 is 0 Å². The van der Waals surface area contributed by atoms with Gasteiger partial charge < -0.3 is 14.3 Å². The molecule has 7 nitrogen and oxygen atoms in total. The SMILES string of the molecule is Cc1ccn2c(CN3CCN(C(=O)c4ccc(-c5ccccc5)[nH]c4=O)CC3)c(C)nc2c1. The van der Waals surface area contributed by atoms with Gasteiger partial charge in [-0.2, -0.15) is 0 Å². The number of carbonyl (C=O) groups excluding carboxylic acids is 1. The molecule has 0 saturated carbocycles. The smallest absolute Gasteiger partial charge is 0.261 e. The molecule has 0 bridgehead atoms. The number of piperazine rings is 1. The van der Waals surface area contributed by atoms with E-state index in [1.807, 2.05) is 37.3 Å². The molecular weight excluding hydrogens is 414 g/mol. The number of hydrogen-bond acceptors (Lipinski definition) is 4. The fraction of sp³-hybridized carbons (Fsp3) is 0.269. The highest BCUT2D eigenvalue weighted by atomic mass is 16.2. The first-order valence-electron chi connectivity index (χ1n) is 11.2. The molecule has 33 heavy (non-hydrogen) atoms. The van der Waals surface area contributed by atoms with E-state index in [1.54, 1.807) is 17.0 Å². The summed E-state index contributed by atoms with van der Waals surface area (Å²) in [6.07, 6.45) is 2.07. The number of aromatic nitrogens is 3. The highest BCUT2D eigenvalue weighted by molar-refractivity contribution is 5.94. The average molecular weight is 442 g/mol. The molecule has 3 aromatic heterocycles. The van der Waals surface area contributed by atoms with Gasteiger partial charge in [0.15, 0.2) is 0 Å². The lowest BCUT2D eigenvalue weighted by atomic mass is 10.1. The molecule has 1 fully saturated rings. The fourth-order valence-corrected chi connectivity index (χ4v) is 4.42. The van der Waals surface area contributed by atoms with Crippen molar-refractivity contribution in [3.05, 3.63) is 93.7 Å². The Labute approximate surface area is 192 Å². The summed E-state index contributed by atoms with van der Waals surface area (Å²) in [4.78, 5) is 37.3. The van der Waals surface area contributed by atoms with Crippen LogP contribution in [0, 0.1) is 13.8 Å². The van der Waals surface area contributed by atoms with Crippen LogP contribution in [-0.4, -0.2) is 56.3 Å². The maximum absolute atomic E-state index is 13.0. The molecule has 1 aliphatic rings. The number of carbonyl (C=O) groups is 1. The van der Waals surface area contributed by atoms with E-state index in [-0.39, 0.29) is 17.0 Å². The summed E-state index contributed by atoms with van der Waals surface area (Å²) in [6, 6.07) is 17.2. The average Bonchev–Trinajstić information content (AvgIpc) is 3.13. The molecule has 1 saturated heterocycles. The maximum atomic E-state index is 13.0. The first-order chi connectivity index (χ1) is 16.0. The Morgan fingerprint density at radius 1 is 1.00 bits per heavy atom. The van der Waals surface area contributed by atoms with Crippen molar-refractivity contribution in [2.75, 3.05) is 26.2 Å². The van der Waals surface area contributed by atoms with E-state index in [4.69, 9.17) is 4.98 Å². The van der Waals surface area contributed by atoms with Crippen molar-refractivity contribution in [3.63, 3.8) is 0 Å². The number of benzene rings is 1. The van der Waals surface area contributed by atoms with Crippen molar-refractivity contribution in [2.45, 2.75) is 20.4 Å². The molecule has 0 aliphatic carbocycles. The largest absolute Gasteiger partial charge is 0.336 e. The third-order valence-electron chi connectivity index (χ3n) is 6.34. The van der Waals surface area contributed by atoms with Crippen LogP contribution in [0.15, 0.2) is 65.6 Å². The van der Waals surface area contributed by atoms with Crippen LogP contribution in [0.3, 0.4) is 0 Å². The fourth-order valence-electron chi connectivity index (χ4n) is 4.42. The van der Waals surface area contributed by atoms with Crippen molar-refractivity contribution in [3.8, 4) is 11.3 Å². The molecule has 1 amide bonds. The number of nitrogens with zero attached hydrogens (tertiary/aromatic N) is 4. The number of hydrogen-bond donors (Lipinski definition) is 1. The molecular formula is C26H27N5O2. The molecule has 0 spiro atoms. The second-order valence-corrected chi connectivity index (χ2v) is 8.63. The van der Waals surface area contributed by atoms with E-state index in [0.29, 0.717) is 18.8 Å². The summed E-state index contributed by atoms with van der Waals surface area (Å²) >= 11 is 0. The van der Waals surface area contributed by atoms with Gasteiger partial charge >= 0.3 is 0 Å². The summed E-state index contributed by atoms with van der Waals surface area (Å²) < 4.78 is 2.15. The standard InChI is InChI=1S/C26H27N5O2/c1-18-10-11-31-23(19(2)27-24(31)16-18)17-29-12-14-30(15-13-29)26(33)21-8-9-22(28-25(21)32)20-6-4-3-5-7-20/h3-11,16H,12-15,17H2,1-2H3,(H,28,32). The van der Waals surface area contributed by atoms with E-state index >= 15 is 0 Å². The second-order valence-electron chi connectivity index (χ2n) is 8.63. The van der Waals surface area contributed by atoms with Gasteiger partial charge in [0.2, 0.25) is 0 Å². The van der Waals surface area contributed by atoms with Crippen molar-refractivity contribution in [2.24, 2.45) is 0 Å². The number of pyridine rings is 2. The van der Waals surface area contributed by atoms with Gasteiger partial charge in [-0.25, -0.2) is 4.98 Å². The third-order valence-corrected chi connectivity index (χ3v) is 6.34. The van der Waals surface area contributed by atoms with Gasteiger partial charge in [0.25, 0.3) is 11.5 Å². The van der Waals surface area contributed by atoms with Crippen LogP contribution in [0.2, 0.25) is 0 Å². The molecule has 1 aromatic carbocycles. The Balaban J connectivity index is 1.26. The summed E-state index contributed by atoms with van der Waals surface area (Å²) in [5.41, 5.74) is 5.84. The molecule has 5 rings (SSSR count). The number of rotatable bonds is 4. The van der Waals surface area contributed by atoms with E-state index in [0.717, 1.165) is 36.5 Å². The van der Waals surface area contributed by atoms with Crippen LogP contribution < -0.4 is 5.56 Å². The van der Waals surface area contributed by atoms with E-state index in [1.165, 1.54) is 11.3 Å². The highest BCUT2D eigenvalue weighted by Crippen LogP contribution is 2.18. The van der Waals surface area contributed by atoms with Gasteiger partial charge in [-0.1, -0.05) is 30.3 Å². The molecule has 1 N–H and O–H groups in total. The van der Waals surface area contributed by atoms with Crippen LogP contribution in [0.5, 0.6) is 0 Å². The van der Waals surface area contributed by atoms with Crippen LogP contribution >= 0.6 is 0 Å². The predicted molar refractivity (Wildman–Crippen MR) is 128 cm³/mol. The van der Waals surface area contributed by atoms with Crippen molar-refractivity contribution in [1.29, 1.82) is 0 Å². The Bertz CT molecular complexity index is 1360. The van der Waals surface area contributed by atoms with Gasteiger partial charge in [0.1, 0.15) is 11.2 Å². The van der Waals surface area contributed by atoms with Gasteiger partial charge in [-0.15, -0.1) is 0 Å². The Morgan fingerprint density at radius 3 is 2.48 bits per heavy atom. The van der Waals surface area contributed by atoms with Crippen LogP contribution in [-0.2, 0) is 6.54 Å². The zero-order valence-corrected chi connectivity index (χ0v) is 18.9. The monoisotopic (exact) mass is 441 g/mol. The Morgan fingerprint density at radius 2 is 1.76 bits per heavy atom. The van der Waals surface area contributed by atoms with Gasteiger partial charge in [0, 0.05) is 44.6 Å². The number of fused-ring (bicyclic) bond motifs is 1. The quantitative estimate of drug-likeness (QED) is 0.528. The van der Waals surface area contributed by atoms with Crippen molar-refractivity contribution in [1.82, 2.24) is 24.2 Å². The second kappa shape index (κ2) is 8.67. The van der Waals surface area contributed by atoms with Crippen LogP contribution in [0.4, 0.5) is 0 Å². The topological polar surface area (TPSA) is 73.7 Å². The van der Waals surface area contributed by atoms with Gasteiger partial charge in [-0.3, -0.25) is 14.5 Å². The summed E-state index contributed by atoms with van der Waals surface area (Å²) in [5.74, 6) is -0.211. The highest BCUT2D eigenvalue weighted by Gasteiger charge is 2.25. The lowest BCUT2D eigenvalue weighted by Gasteiger charge is -2.34. The number of nitrogens with one attached hydrogen (secondary N) is 1.